The lowest BCUT2D eigenvalue weighted by atomic mass is 10.1. The number of fused-ring (bicyclic) bond motifs is 1. The Balaban J connectivity index is 1.82. The van der Waals surface area contributed by atoms with Crippen molar-refractivity contribution in [2.75, 3.05) is 20.1 Å². The van der Waals surface area contributed by atoms with Gasteiger partial charge in [0.05, 0.1) is 6.10 Å². The van der Waals surface area contributed by atoms with E-state index in [1.165, 1.54) is 0 Å². The lowest BCUT2D eigenvalue weighted by Gasteiger charge is -2.16. The van der Waals surface area contributed by atoms with Crippen LogP contribution in [0.3, 0.4) is 0 Å². The summed E-state index contributed by atoms with van der Waals surface area (Å²) in [5.74, 6) is 2.43. The molecule has 1 fully saturated rings. The Hall–Kier alpha value is -0.940. The van der Waals surface area contributed by atoms with Gasteiger partial charge in [0.25, 0.3) is 0 Å². The van der Waals surface area contributed by atoms with E-state index in [9.17, 15) is 5.11 Å². The summed E-state index contributed by atoms with van der Waals surface area (Å²) in [6, 6.07) is 0. The monoisotopic (exact) mass is 222 g/mol. The lowest BCUT2D eigenvalue weighted by Crippen LogP contribution is -2.23. The number of hydrogen-bond donors (Lipinski definition) is 1. The summed E-state index contributed by atoms with van der Waals surface area (Å²) >= 11 is 0. The van der Waals surface area contributed by atoms with E-state index >= 15 is 0 Å². The third-order valence-corrected chi connectivity index (χ3v) is 3.61. The number of hydrogen-bond acceptors (Lipinski definition) is 4. The first-order chi connectivity index (χ1) is 7.72. The first kappa shape index (κ1) is 10.2. The molecule has 0 aromatic carbocycles. The molecule has 3 rings (SSSR count). The third kappa shape index (κ3) is 1.74. The first-order valence-corrected chi connectivity index (χ1v) is 6.02. The van der Waals surface area contributed by atoms with Crippen molar-refractivity contribution in [3.05, 3.63) is 11.6 Å². The average molecular weight is 222 g/mol. The zero-order chi connectivity index (χ0) is 11.1. The summed E-state index contributed by atoms with van der Waals surface area (Å²) in [5, 5.41) is 14.2. The molecular formula is C11H18N4O. The van der Waals surface area contributed by atoms with Crippen LogP contribution in [-0.4, -0.2) is 51.0 Å². The molecule has 88 valence electrons. The SMILES string of the molecule is CN1CCC(c2nc3n(n2)CCC(O)C3)C1. The summed E-state index contributed by atoms with van der Waals surface area (Å²) in [6.07, 6.45) is 2.40. The van der Waals surface area contributed by atoms with Crippen molar-refractivity contribution in [3.63, 3.8) is 0 Å². The van der Waals surface area contributed by atoms with Gasteiger partial charge in [-0.3, -0.25) is 0 Å². The van der Waals surface area contributed by atoms with Gasteiger partial charge in [-0.25, -0.2) is 9.67 Å². The average Bonchev–Trinajstić information content (AvgIpc) is 2.83. The van der Waals surface area contributed by atoms with Gasteiger partial charge < -0.3 is 10.0 Å². The van der Waals surface area contributed by atoms with Gasteiger partial charge in [-0.15, -0.1) is 0 Å². The van der Waals surface area contributed by atoms with Crippen molar-refractivity contribution in [2.24, 2.45) is 0 Å². The fourth-order valence-corrected chi connectivity index (χ4v) is 2.63. The van der Waals surface area contributed by atoms with Crippen molar-refractivity contribution in [1.82, 2.24) is 19.7 Å². The van der Waals surface area contributed by atoms with Crippen molar-refractivity contribution in [1.29, 1.82) is 0 Å². The maximum absolute atomic E-state index is 9.58. The van der Waals surface area contributed by atoms with Crippen LogP contribution in [0, 0.1) is 0 Å². The molecule has 16 heavy (non-hydrogen) atoms. The zero-order valence-corrected chi connectivity index (χ0v) is 9.63. The highest BCUT2D eigenvalue weighted by molar-refractivity contribution is 5.05. The Morgan fingerprint density at radius 3 is 2.94 bits per heavy atom. The number of aryl methyl sites for hydroxylation is 1. The highest BCUT2D eigenvalue weighted by Crippen LogP contribution is 2.25. The smallest absolute Gasteiger partial charge is 0.155 e. The van der Waals surface area contributed by atoms with Crippen molar-refractivity contribution in [2.45, 2.75) is 37.8 Å². The third-order valence-electron chi connectivity index (χ3n) is 3.61. The number of likely N-dealkylation sites (N-methyl/N-ethyl adjacent to an activating group) is 1. The molecule has 5 heteroatoms. The predicted octanol–water partition coefficient (Wildman–Crippen LogP) is 0.00430. The molecular weight excluding hydrogens is 204 g/mol. The molecule has 0 radical (unpaired) electrons. The molecule has 2 aliphatic heterocycles. The molecule has 0 bridgehead atoms. The standard InChI is InChI=1S/C11H18N4O/c1-14-4-2-8(7-14)11-12-10-6-9(16)3-5-15(10)13-11/h8-9,16H,2-7H2,1H3. The van der Waals surface area contributed by atoms with Gasteiger partial charge in [0.2, 0.25) is 0 Å². The molecule has 1 aromatic heterocycles. The van der Waals surface area contributed by atoms with Crippen LogP contribution in [0.25, 0.3) is 0 Å². The molecule has 0 spiro atoms. The molecule has 0 aliphatic carbocycles. The second-order valence-corrected chi connectivity index (χ2v) is 5.00. The molecule has 0 saturated carbocycles. The van der Waals surface area contributed by atoms with Crippen molar-refractivity contribution in [3.8, 4) is 0 Å². The molecule has 1 aromatic rings. The van der Waals surface area contributed by atoms with Crippen LogP contribution in [0.2, 0.25) is 0 Å². The number of rotatable bonds is 1. The van der Waals surface area contributed by atoms with Crippen LogP contribution in [0.4, 0.5) is 0 Å². The number of aliphatic hydroxyl groups is 1. The van der Waals surface area contributed by atoms with Crippen LogP contribution < -0.4 is 0 Å². The Bertz CT molecular complexity index is 389. The number of aliphatic hydroxyl groups excluding tert-OH is 1. The molecule has 3 heterocycles. The summed E-state index contributed by atoms with van der Waals surface area (Å²) in [6.45, 7) is 3.01. The van der Waals surface area contributed by atoms with Gasteiger partial charge in [-0.05, 0) is 26.4 Å². The minimum atomic E-state index is -0.226. The fourth-order valence-electron chi connectivity index (χ4n) is 2.63. The van der Waals surface area contributed by atoms with E-state index in [1.807, 2.05) is 4.68 Å². The van der Waals surface area contributed by atoms with Crippen LogP contribution in [0.5, 0.6) is 0 Å². The molecule has 2 atom stereocenters. The Labute approximate surface area is 95.1 Å². The summed E-state index contributed by atoms with van der Waals surface area (Å²) < 4.78 is 1.97. The fraction of sp³-hybridized carbons (Fsp3) is 0.818. The van der Waals surface area contributed by atoms with E-state index in [2.05, 4.69) is 22.0 Å². The molecule has 1 N–H and O–H groups in total. The van der Waals surface area contributed by atoms with E-state index in [4.69, 9.17) is 0 Å². The lowest BCUT2D eigenvalue weighted by molar-refractivity contribution is 0.138. The van der Waals surface area contributed by atoms with Crippen LogP contribution in [-0.2, 0) is 13.0 Å². The van der Waals surface area contributed by atoms with Crippen molar-refractivity contribution < 1.29 is 5.11 Å². The van der Waals surface area contributed by atoms with Gasteiger partial charge in [0.1, 0.15) is 5.82 Å². The molecule has 0 amide bonds. The van der Waals surface area contributed by atoms with E-state index < -0.39 is 0 Å². The highest BCUT2D eigenvalue weighted by Gasteiger charge is 2.27. The first-order valence-electron chi connectivity index (χ1n) is 6.02. The van der Waals surface area contributed by atoms with Gasteiger partial charge in [-0.1, -0.05) is 0 Å². The Morgan fingerprint density at radius 2 is 2.19 bits per heavy atom. The maximum atomic E-state index is 9.58. The molecule has 2 aliphatic rings. The second kappa shape index (κ2) is 3.82. The second-order valence-electron chi connectivity index (χ2n) is 5.00. The van der Waals surface area contributed by atoms with Gasteiger partial charge in [-0.2, -0.15) is 5.10 Å². The van der Waals surface area contributed by atoms with E-state index in [0.717, 1.165) is 44.1 Å². The molecule has 1 saturated heterocycles. The number of aromatic nitrogens is 3. The predicted molar refractivity (Wildman–Crippen MR) is 59.2 cm³/mol. The normalized spacial score (nSPS) is 30.6. The minimum absolute atomic E-state index is 0.226. The quantitative estimate of drug-likeness (QED) is 0.727. The van der Waals surface area contributed by atoms with Crippen LogP contribution >= 0.6 is 0 Å². The molecule has 5 nitrogen and oxygen atoms in total. The van der Waals surface area contributed by atoms with Gasteiger partial charge in [0.15, 0.2) is 5.82 Å². The van der Waals surface area contributed by atoms with Crippen molar-refractivity contribution >= 4 is 0 Å². The van der Waals surface area contributed by atoms with Gasteiger partial charge >= 0.3 is 0 Å². The topological polar surface area (TPSA) is 54.2 Å². The minimum Gasteiger partial charge on any atom is -0.393 e. The Morgan fingerprint density at radius 1 is 1.31 bits per heavy atom. The highest BCUT2D eigenvalue weighted by atomic mass is 16.3. The summed E-state index contributed by atoms with van der Waals surface area (Å²) in [4.78, 5) is 6.90. The zero-order valence-electron chi connectivity index (χ0n) is 9.63. The summed E-state index contributed by atoms with van der Waals surface area (Å²) in [5.41, 5.74) is 0. The largest absolute Gasteiger partial charge is 0.393 e. The number of likely N-dealkylation sites (tertiary alicyclic amines) is 1. The van der Waals surface area contributed by atoms with Crippen LogP contribution in [0.15, 0.2) is 0 Å². The van der Waals surface area contributed by atoms with E-state index in [-0.39, 0.29) is 6.10 Å². The van der Waals surface area contributed by atoms with Gasteiger partial charge in [0, 0.05) is 25.4 Å². The Kier molecular flexibility index (Phi) is 2.44. The van der Waals surface area contributed by atoms with Crippen LogP contribution in [0.1, 0.15) is 30.4 Å². The van der Waals surface area contributed by atoms with E-state index in [0.29, 0.717) is 12.3 Å². The summed E-state index contributed by atoms with van der Waals surface area (Å²) in [7, 11) is 2.14. The number of nitrogens with zero attached hydrogens (tertiary/aromatic N) is 4. The maximum Gasteiger partial charge on any atom is 0.155 e. The molecule has 2 unspecified atom stereocenters. The van der Waals surface area contributed by atoms with E-state index in [1.54, 1.807) is 0 Å².